The van der Waals surface area contributed by atoms with E-state index < -0.39 is 10.0 Å². The summed E-state index contributed by atoms with van der Waals surface area (Å²) in [5, 5.41) is 16.7. The van der Waals surface area contributed by atoms with Gasteiger partial charge >= 0.3 is 0 Å². The van der Waals surface area contributed by atoms with Crippen LogP contribution in [0.25, 0.3) is 0 Å². The average Bonchev–Trinajstić information content (AvgIpc) is 2.25. The molecule has 17 heavy (non-hydrogen) atoms. The van der Waals surface area contributed by atoms with E-state index in [1.165, 1.54) is 12.3 Å². The lowest BCUT2D eigenvalue weighted by Gasteiger charge is -2.07. The maximum atomic E-state index is 10.7. The fraction of sp³-hybridized carbons (Fsp3) is 0.333. The fourth-order valence-corrected chi connectivity index (χ4v) is 1.90. The Kier molecular flexibility index (Phi) is 4.69. The van der Waals surface area contributed by atoms with Gasteiger partial charge in [0.1, 0.15) is 16.9 Å². The summed E-state index contributed by atoms with van der Waals surface area (Å²) in [7, 11) is -3.45. The number of sulfonamides is 1. The van der Waals surface area contributed by atoms with Crippen LogP contribution in [0.3, 0.4) is 0 Å². The molecule has 1 rings (SSSR count). The van der Waals surface area contributed by atoms with Gasteiger partial charge in [0, 0.05) is 12.7 Å². The molecule has 3 N–H and O–H groups in total. The van der Waals surface area contributed by atoms with Gasteiger partial charge in [-0.2, -0.15) is 5.26 Å². The molecule has 92 valence electrons. The highest BCUT2D eigenvalue weighted by Crippen LogP contribution is 2.22. The third-order valence-electron chi connectivity index (χ3n) is 1.91. The average molecular weight is 275 g/mol. The van der Waals surface area contributed by atoms with Crippen molar-refractivity contribution in [1.29, 1.82) is 5.26 Å². The van der Waals surface area contributed by atoms with E-state index in [-0.39, 0.29) is 10.8 Å². The minimum Gasteiger partial charge on any atom is -0.369 e. The Labute approximate surface area is 104 Å². The highest BCUT2D eigenvalue weighted by molar-refractivity contribution is 7.89. The monoisotopic (exact) mass is 274 g/mol. The van der Waals surface area contributed by atoms with Crippen LogP contribution >= 0.6 is 11.6 Å². The minimum absolute atomic E-state index is 0.116. The highest BCUT2D eigenvalue weighted by Gasteiger charge is 2.07. The van der Waals surface area contributed by atoms with Gasteiger partial charge in [-0.1, -0.05) is 11.6 Å². The number of hydrogen-bond donors (Lipinski definition) is 2. The van der Waals surface area contributed by atoms with Crippen molar-refractivity contribution in [2.45, 2.75) is 6.42 Å². The minimum atomic E-state index is -3.45. The van der Waals surface area contributed by atoms with Crippen LogP contribution in [0.4, 0.5) is 5.82 Å². The number of halogens is 1. The number of rotatable bonds is 5. The molecule has 0 spiro atoms. The van der Waals surface area contributed by atoms with E-state index in [9.17, 15) is 8.42 Å². The van der Waals surface area contributed by atoms with Gasteiger partial charge in [0.25, 0.3) is 0 Å². The SMILES string of the molecule is N#Cc1ccnc(NCCCS(N)(=O)=O)c1Cl. The molecule has 0 aliphatic carbocycles. The zero-order chi connectivity index (χ0) is 12.9. The fourth-order valence-electron chi connectivity index (χ4n) is 1.13. The molecule has 0 aromatic carbocycles. The summed E-state index contributed by atoms with van der Waals surface area (Å²) in [5.41, 5.74) is 0.315. The lowest BCUT2D eigenvalue weighted by Crippen LogP contribution is -2.19. The van der Waals surface area contributed by atoms with Crippen molar-refractivity contribution in [1.82, 2.24) is 4.98 Å². The Balaban J connectivity index is 2.56. The lowest BCUT2D eigenvalue weighted by atomic mass is 10.3. The number of aromatic nitrogens is 1. The maximum absolute atomic E-state index is 10.7. The van der Waals surface area contributed by atoms with Gasteiger partial charge in [0.05, 0.1) is 11.3 Å². The molecule has 0 saturated heterocycles. The van der Waals surface area contributed by atoms with Gasteiger partial charge in [-0.05, 0) is 12.5 Å². The highest BCUT2D eigenvalue weighted by atomic mass is 35.5. The van der Waals surface area contributed by atoms with E-state index in [1.807, 2.05) is 6.07 Å². The third-order valence-corrected chi connectivity index (χ3v) is 3.15. The van der Waals surface area contributed by atoms with Crippen LogP contribution < -0.4 is 10.5 Å². The van der Waals surface area contributed by atoms with Crippen LogP contribution in [0.2, 0.25) is 5.02 Å². The van der Waals surface area contributed by atoms with Gasteiger partial charge in [0.2, 0.25) is 10.0 Å². The second-order valence-corrected chi connectivity index (χ2v) is 5.39. The van der Waals surface area contributed by atoms with Crippen LogP contribution in [0.5, 0.6) is 0 Å². The van der Waals surface area contributed by atoms with Crippen LogP contribution in [-0.2, 0) is 10.0 Å². The van der Waals surface area contributed by atoms with E-state index >= 15 is 0 Å². The van der Waals surface area contributed by atoms with Gasteiger partial charge in [-0.25, -0.2) is 18.5 Å². The first-order valence-electron chi connectivity index (χ1n) is 4.73. The first-order valence-corrected chi connectivity index (χ1v) is 6.82. The van der Waals surface area contributed by atoms with Crippen LogP contribution in [0.15, 0.2) is 12.3 Å². The topological polar surface area (TPSA) is 109 Å². The van der Waals surface area contributed by atoms with E-state index in [0.29, 0.717) is 24.3 Å². The predicted molar refractivity (Wildman–Crippen MR) is 65.0 cm³/mol. The van der Waals surface area contributed by atoms with E-state index in [2.05, 4.69) is 10.3 Å². The normalized spacial score (nSPS) is 10.9. The molecule has 0 aliphatic heterocycles. The summed E-state index contributed by atoms with van der Waals surface area (Å²) >= 11 is 5.89. The number of hydrogen-bond acceptors (Lipinski definition) is 5. The van der Waals surface area contributed by atoms with Crippen LogP contribution in [0.1, 0.15) is 12.0 Å². The number of pyridine rings is 1. The molecule has 0 saturated carbocycles. The molecule has 0 bridgehead atoms. The van der Waals surface area contributed by atoms with Gasteiger partial charge < -0.3 is 5.32 Å². The Morgan fingerprint density at radius 1 is 1.59 bits per heavy atom. The number of nitriles is 1. The molecular formula is C9H11ClN4O2S. The summed E-state index contributed by atoms with van der Waals surface area (Å²) < 4.78 is 21.4. The van der Waals surface area contributed by atoms with Crippen molar-refractivity contribution >= 4 is 27.4 Å². The summed E-state index contributed by atoms with van der Waals surface area (Å²) in [6.07, 6.45) is 1.79. The van der Waals surface area contributed by atoms with E-state index in [4.69, 9.17) is 22.0 Å². The molecule has 1 heterocycles. The van der Waals surface area contributed by atoms with Crippen molar-refractivity contribution < 1.29 is 8.42 Å². The number of nitrogens with two attached hydrogens (primary N) is 1. The molecule has 0 fully saturated rings. The van der Waals surface area contributed by atoms with Gasteiger partial charge in [-0.3, -0.25) is 0 Å². The zero-order valence-corrected chi connectivity index (χ0v) is 10.4. The molecule has 8 heteroatoms. The molecule has 6 nitrogen and oxygen atoms in total. The molecule has 0 amide bonds. The third kappa shape index (κ3) is 4.56. The smallest absolute Gasteiger partial charge is 0.209 e. The first-order chi connectivity index (χ1) is 7.94. The van der Waals surface area contributed by atoms with E-state index in [0.717, 1.165) is 0 Å². The molecule has 0 radical (unpaired) electrons. The molecule has 1 aromatic rings. The summed E-state index contributed by atoms with van der Waals surface area (Å²) in [4.78, 5) is 3.95. The van der Waals surface area contributed by atoms with Crippen molar-refractivity contribution in [3.63, 3.8) is 0 Å². The number of anilines is 1. The Morgan fingerprint density at radius 3 is 2.88 bits per heavy atom. The molecule has 0 aliphatic rings. The maximum Gasteiger partial charge on any atom is 0.209 e. The van der Waals surface area contributed by atoms with Crippen molar-refractivity contribution in [2.75, 3.05) is 17.6 Å². The van der Waals surface area contributed by atoms with Crippen LogP contribution in [-0.4, -0.2) is 25.7 Å². The number of nitrogens with zero attached hydrogens (tertiary/aromatic N) is 2. The number of nitrogens with one attached hydrogen (secondary N) is 1. The molecular weight excluding hydrogens is 264 g/mol. The zero-order valence-electron chi connectivity index (χ0n) is 8.85. The summed E-state index contributed by atoms with van der Waals surface area (Å²) in [6, 6.07) is 3.42. The second-order valence-electron chi connectivity index (χ2n) is 3.28. The standard InChI is InChI=1S/C9H11ClN4O2S/c10-8-7(6-11)2-4-14-9(8)13-3-1-5-17(12,15)16/h2,4H,1,3,5H2,(H,13,14)(H2,12,15,16). The molecule has 0 atom stereocenters. The largest absolute Gasteiger partial charge is 0.369 e. The Hall–Kier alpha value is -1.36. The Morgan fingerprint density at radius 2 is 2.29 bits per heavy atom. The second kappa shape index (κ2) is 5.82. The van der Waals surface area contributed by atoms with Crippen molar-refractivity contribution in [2.24, 2.45) is 5.14 Å². The molecule has 1 aromatic heterocycles. The van der Waals surface area contributed by atoms with Gasteiger partial charge in [0.15, 0.2) is 0 Å². The Bertz CT molecular complexity index is 538. The molecule has 0 unspecified atom stereocenters. The quantitative estimate of drug-likeness (QED) is 0.768. The van der Waals surface area contributed by atoms with E-state index in [1.54, 1.807) is 0 Å². The number of primary sulfonamides is 1. The van der Waals surface area contributed by atoms with Gasteiger partial charge in [-0.15, -0.1) is 0 Å². The summed E-state index contributed by atoms with van der Waals surface area (Å²) in [6.45, 7) is 0.359. The first kappa shape index (κ1) is 13.7. The predicted octanol–water partition coefficient (Wildman–Crippen LogP) is 0.697. The summed E-state index contributed by atoms with van der Waals surface area (Å²) in [5.74, 6) is 0.246. The van der Waals surface area contributed by atoms with Crippen molar-refractivity contribution in [3.8, 4) is 6.07 Å². The van der Waals surface area contributed by atoms with Crippen LogP contribution in [0, 0.1) is 11.3 Å². The lowest BCUT2D eigenvalue weighted by molar-refractivity contribution is 0.595. The van der Waals surface area contributed by atoms with Crippen molar-refractivity contribution in [3.05, 3.63) is 22.8 Å².